The highest BCUT2D eigenvalue weighted by Crippen LogP contribution is 2.40. The number of anilines is 1. The number of thiocarbonyl (C=S) groups is 1. The van der Waals surface area contributed by atoms with E-state index in [4.69, 9.17) is 12.2 Å². The summed E-state index contributed by atoms with van der Waals surface area (Å²) in [5.41, 5.74) is 4.50. The van der Waals surface area contributed by atoms with Gasteiger partial charge in [-0.15, -0.1) is 6.58 Å². The molecule has 0 saturated carbocycles. The van der Waals surface area contributed by atoms with Gasteiger partial charge in [-0.2, -0.15) is 0 Å². The van der Waals surface area contributed by atoms with E-state index in [2.05, 4.69) is 54.2 Å². The number of hydrogen-bond donors (Lipinski definition) is 2. The van der Waals surface area contributed by atoms with E-state index < -0.39 is 6.04 Å². The number of amides is 2. The van der Waals surface area contributed by atoms with Crippen LogP contribution in [0.3, 0.4) is 0 Å². The molecule has 6 nitrogen and oxygen atoms in total. The standard InChI is InChI=1S/C25H36N4O2S/c1-17(2)12-22(26-20(5)30)23(31)29-11-8-25(16-29)6-9-28(10-7-25)24(32)27-21-14-18(3)13-19(4)15-21/h13-15,22H,1,6-12,16H2,2-5H3,(H,26,30)(H,27,32)/t22-/m0/s1. The minimum atomic E-state index is -0.519. The zero-order valence-electron chi connectivity index (χ0n) is 19.8. The van der Waals surface area contributed by atoms with E-state index in [1.807, 2.05) is 11.8 Å². The molecule has 2 saturated heterocycles. The van der Waals surface area contributed by atoms with Crippen molar-refractivity contribution in [2.45, 2.75) is 59.4 Å². The quantitative estimate of drug-likeness (QED) is 0.521. The lowest BCUT2D eigenvalue weighted by molar-refractivity contribution is -0.135. The number of benzene rings is 1. The molecule has 2 fully saturated rings. The molecule has 1 aromatic carbocycles. The van der Waals surface area contributed by atoms with Crippen molar-refractivity contribution in [2.24, 2.45) is 5.41 Å². The van der Waals surface area contributed by atoms with Crippen LogP contribution in [0.4, 0.5) is 5.69 Å². The lowest BCUT2D eigenvalue weighted by Crippen LogP contribution is -2.49. The predicted octanol–water partition coefficient (Wildman–Crippen LogP) is 3.79. The average Bonchev–Trinajstić information content (AvgIpc) is 3.09. The minimum absolute atomic E-state index is 0.00880. The molecule has 2 aliphatic heterocycles. The smallest absolute Gasteiger partial charge is 0.245 e. The number of carbonyl (C=O) groups is 2. The maximum Gasteiger partial charge on any atom is 0.245 e. The third-order valence-corrected chi connectivity index (χ3v) is 6.92. The lowest BCUT2D eigenvalue weighted by Gasteiger charge is -2.40. The van der Waals surface area contributed by atoms with Crippen LogP contribution in [-0.2, 0) is 9.59 Å². The van der Waals surface area contributed by atoms with Crippen LogP contribution in [-0.4, -0.2) is 58.9 Å². The summed E-state index contributed by atoms with van der Waals surface area (Å²) in [6, 6.07) is 5.86. The Labute approximate surface area is 197 Å². The topological polar surface area (TPSA) is 64.7 Å². The Hall–Kier alpha value is -2.41. The molecule has 0 bridgehead atoms. The van der Waals surface area contributed by atoms with E-state index in [1.54, 1.807) is 0 Å². The monoisotopic (exact) mass is 456 g/mol. The van der Waals surface area contributed by atoms with Crippen molar-refractivity contribution in [3.63, 3.8) is 0 Å². The van der Waals surface area contributed by atoms with Crippen LogP contribution in [0.5, 0.6) is 0 Å². The molecule has 1 spiro atoms. The number of nitrogens with one attached hydrogen (secondary N) is 2. The van der Waals surface area contributed by atoms with Crippen LogP contribution >= 0.6 is 12.2 Å². The van der Waals surface area contributed by atoms with Gasteiger partial charge in [0.1, 0.15) is 6.04 Å². The fourth-order valence-electron chi connectivity index (χ4n) is 4.98. The Balaban J connectivity index is 1.56. The summed E-state index contributed by atoms with van der Waals surface area (Å²) in [5.74, 6) is -0.175. The van der Waals surface area contributed by atoms with E-state index >= 15 is 0 Å². The number of likely N-dealkylation sites (tertiary alicyclic amines) is 2. The van der Waals surface area contributed by atoms with Gasteiger partial charge in [-0.05, 0) is 87.3 Å². The zero-order valence-corrected chi connectivity index (χ0v) is 20.6. The number of piperidine rings is 1. The molecule has 2 heterocycles. The van der Waals surface area contributed by atoms with Gasteiger partial charge >= 0.3 is 0 Å². The molecule has 0 aromatic heterocycles. The van der Waals surface area contributed by atoms with Gasteiger partial charge < -0.3 is 20.4 Å². The average molecular weight is 457 g/mol. The molecule has 3 rings (SSSR count). The number of aryl methyl sites for hydroxylation is 2. The number of nitrogens with zero attached hydrogens (tertiary/aromatic N) is 2. The van der Waals surface area contributed by atoms with Crippen LogP contribution in [0, 0.1) is 19.3 Å². The SMILES string of the molecule is C=C(C)C[C@H](NC(C)=O)C(=O)N1CCC2(CCN(C(=S)Nc3cc(C)cc(C)c3)CC2)C1. The van der Waals surface area contributed by atoms with Crippen molar-refractivity contribution in [3.05, 3.63) is 41.5 Å². The summed E-state index contributed by atoms with van der Waals surface area (Å²) in [4.78, 5) is 28.9. The first-order valence-electron chi connectivity index (χ1n) is 11.4. The van der Waals surface area contributed by atoms with Crippen molar-refractivity contribution < 1.29 is 9.59 Å². The van der Waals surface area contributed by atoms with E-state index in [0.717, 1.165) is 61.8 Å². The predicted molar refractivity (Wildman–Crippen MR) is 134 cm³/mol. The number of hydrogen-bond acceptors (Lipinski definition) is 3. The fourth-order valence-corrected chi connectivity index (χ4v) is 5.28. The summed E-state index contributed by atoms with van der Waals surface area (Å²) >= 11 is 5.69. The largest absolute Gasteiger partial charge is 0.349 e. The molecule has 1 atom stereocenters. The highest BCUT2D eigenvalue weighted by Gasteiger charge is 2.43. The number of rotatable bonds is 5. The molecular formula is C25H36N4O2S. The highest BCUT2D eigenvalue weighted by atomic mass is 32.1. The molecule has 0 aliphatic carbocycles. The van der Waals surface area contributed by atoms with Crippen LogP contribution in [0.25, 0.3) is 0 Å². The Morgan fingerprint density at radius 3 is 2.16 bits per heavy atom. The van der Waals surface area contributed by atoms with Crippen molar-refractivity contribution in [1.29, 1.82) is 0 Å². The van der Waals surface area contributed by atoms with Crippen LogP contribution in [0.2, 0.25) is 0 Å². The van der Waals surface area contributed by atoms with E-state index in [-0.39, 0.29) is 17.2 Å². The molecule has 32 heavy (non-hydrogen) atoms. The second kappa shape index (κ2) is 10.0. The Bertz CT molecular complexity index is 869. The lowest BCUT2D eigenvalue weighted by atomic mass is 9.78. The van der Waals surface area contributed by atoms with Crippen molar-refractivity contribution in [2.75, 3.05) is 31.5 Å². The van der Waals surface area contributed by atoms with Crippen molar-refractivity contribution >= 4 is 34.8 Å². The van der Waals surface area contributed by atoms with Gasteiger partial charge in [0.15, 0.2) is 5.11 Å². The normalized spacial score (nSPS) is 18.4. The molecule has 2 aliphatic rings. The van der Waals surface area contributed by atoms with Crippen LogP contribution in [0.15, 0.2) is 30.4 Å². The zero-order chi connectivity index (χ0) is 23.5. The molecule has 1 aromatic rings. The highest BCUT2D eigenvalue weighted by molar-refractivity contribution is 7.80. The Morgan fingerprint density at radius 2 is 1.62 bits per heavy atom. The Morgan fingerprint density at radius 1 is 1.06 bits per heavy atom. The van der Waals surface area contributed by atoms with E-state index in [1.165, 1.54) is 18.1 Å². The van der Waals surface area contributed by atoms with Crippen molar-refractivity contribution in [3.8, 4) is 0 Å². The van der Waals surface area contributed by atoms with Gasteiger partial charge in [0.05, 0.1) is 0 Å². The van der Waals surface area contributed by atoms with Gasteiger partial charge in [0.2, 0.25) is 11.8 Å². The van der Waals surface area contributed by atoms with Crippen LogP contribution < -0.4 is 10.6 Å². The first-order chi connectivity index (χ1) is 15.1. The molecular weight excluding hydrogens is 420 g/mol. The van der Waals surface area contributed by atoms with Gasteiger partial charge in [-0.25, -0.2) is 0 Å². The first-order valence-corrected chi connectivity index (χ1v) is 11.8. The first kappa shape index (κ1) is 24.2. The van der Waals surface area contributed by atoms with E-state index in [9.17, 15) is 9.59 Å². The maximum absolute atomic E-state index is 13.1. The molecule has 7 heteroatoms. The molecule has 0 unspecified atom stereocenters. The van der Waals surface area contributed by atoms with Gasteiger partial charge in [-0.1, -0.05) is 11.6 Å². The minimum Gasteiger partial charge on any atom is -0.349 e. The second-order valence-corrected chi connectivity index (χ2v) is 10.1. The third-order valence-electron chi connectivity index (χ3n) is 6.56. The number of carbonyl (C=O) groups excluding carboxylic acids is 2. The van der Waals surface area contributed by atoms with E-state index in [0.29, 0.717) is 6.42 Å². The summed E-state index contributed by atoms with van der Waals surface area (Å²) in [5, 5.41) is 6.97. The molecule has 0 radical (unpaired) electrons. The van der Waals surface area contributed by atoms with Crippen molar-refractivity contribution in [1.82, 2.24) is 15.1 Å². The summed E-state index contributed by atoms with van der Waals surface area (Å²) in [6.07, 6.45) is 3.51. The summed E-state index contributed by atoms with van der Waals surface area (Å²) in [6.45, 7) is 14.7. The van der Waals surface area contributed by atoms with Gasteiger partial charge in [0.25, 0.3) is 0 Å². The molecule has 2 N–H and O–H groups in total. The van der Waals surface area contributed by atoms with Gasteiger partial charge in [-0.3, -0.25) is 9.59 Å². The fraction of sp³-hybridized carbons (Fsp3) is 0.560. The second-order valence-electron chi connectivity index (χ2n) is 9.72. The third kappa shape index (κ3) is 6.09. The van der Waals surface area contributed by atoms with Gasteiger partial charge in [0, 0.05) is 38.8 Å². The maximum atomic E-state index is 13.1. The molecule has 2 amide bonds. The molecule has 174 valence electrons. The van der Waals surface area contributed by atoms with Crippen LogP contribution in [0.1, 0.15) is 50.7 Å². The summed E-state index contributed by atoms with van der Waals surface area (Å²) < 4.78 is 0. The Kier molecular flexibility index (Phi) is 7.59. The summed E-state index contributed by atoms with van der Waals surface area (Å²) in [7, 11) is 0.